The molecule has 0 spiro atoms. The summed E-state index contributed by atoms with van der Waals surface area (Å²) in [5, 5.41) is 5.95. The number of ether oxygens (including phenoxy) is 2. The summed E-state index contributed by atoms with van der Waals surface area (Å²) in [5.41, 5.74) is 2.33. The molecule has 0 aromatic heterocycles. The van der Waals surface area contributed by atoms with E-state index in [2.05, 4.69) is 40.4 Å². The number of thiocarbonyl (C=S) groups is 1. The number of carbonyl (C=O) groups is 1. The Labute approximate surface area is 208 Å². The Morgan fingerprint density at radius 1 is 1.00 bits per heavy atom. The molecule has 0 atom stereocenters. The molecule has 172 valence electrons. The second kappa shape index (κ2) is 12.4. The number of halogens is 1. The Kier molecular flexibility index (Phi) is 9.27. The molecule has 3 aromatic carbocycles. The zero-order chi connectivity index (χ0) is 23.6. The van der Waals surface area contributed by atoms with Crippen LogP contribution in [0.5, 0.6) is 11.5 Å². The third kappa shape index (κ3) is 8.18. The van der Waals surface area contributed by atoms with Gasteiger partial charge < -0.3 is 14.8 Å². The fourth-order valence-corrected chi connectivity index (χ4v) is 3.53. The minimum absolute atomic E-state index is 0.200. The van der Waals surface area contributed by atoms with Gasteiger partial charge in [0, 0.05) is 16.6 Å². The summed E-state index contributed by atoms with van der Waals surface area (Å²) in [7, 11) is 0. The van der Waals surface area contributed by atoms with Crippen LogP contribution in [0.25, 0.3) is 0 Å². The van der Waals surface area contributed by atoms with E-state index in [0.717, 1.165) is 22.3 Å². The van der Waals surface area contributed by atoms with E-state index in [1.165, 1.54) is 5.56 Å². The molecule has 0 bridgehead atoms. The maximum atomic E-state index is 12.9. The van der Waals surface area contributed by atoms with Gasteiger partial charge in [0.15, 0.2) is 5.11 Å². The summed E-state index contributed by atoms with van der Waals surface area (Å²) in [6, 6.07) is 22.8. The maximum absolute atomic E-state index is 12.9. The predicted molar refractivity (Wildman–Crippen MR) is 140 cm³/mol. The number of carbonyl (C=O) groups excluding carboxylic acids is 1. The number of anilines is 1. The van der Waals surface area contributed by atoms with Crippen LogP contribution in [0.4, 0.5) is 5.69 Å². The smallest absolute Gasteiger partial charge is 0.261 e. The molecule has 2 N–H and O–H groups in total. The van der Waals surface area contributed by atoms with Crippen LogP contribution in [0, 0.1) is 5.92 Å². The van der Waals surface area contributed by atoms with Crippen molar-refractivity contribution < 1.29 is 14.3 Å². The number of hydrogen-bond acceptors (Lipinski definition) is 4. The normalized spacial score (nSPS) is 10.5. The Balaban J connectivity index is 1.57. The van der Waals surface area contributed by atoms with Crippen molar-refractivity contribution >= 4 is 44.9 Å². The van der Waals surface area contributed by atoms with Crippen molar-refractivity contribution in [3.63, 3.8) is 0 Å². The van der Waals surface area contributed by atoms with Crippen molar-refractivity contribution in [3.8, 4) is 11.5 Å². The number of hydrogen-bond donors (Lipinski definition) is 2. The minimum Gasteiger partial charge on any atom is -0.493 e. The first-order valence-corrected chi connectivity index (χ1v) is 11.9. The highest BCUT2D eigenvalue weighted by Crippen LogP contribution is 2.24. The Bertz CT molecular complexity index is 1070. The van der Waals surface area contributed by atoms with Crippen molar-refractivity contribution in [3.05, 3.63) is 88.4 Å². The lowest BCUT2D eigenvalue weighted by molar-refractivity contribution is 0.0973. The molecule has 0 unspecified atom stereocenters. The molecule has 33 heavy (non-hydrogen) atoms. The first kappa shape index (κ1) is 24.7. The molecule has 0 fully saturated rings. The Morgan fingerprint density at radius 3 is 2.42 bits per heavy atom. The summed E-state index contributed by atoms with van der Waals surface area (Å²) < 4.78 is 12.4. The minimum atomic E-state index is -0.347. The largest absolute Gasteiger partial charge is 0.493 e. The van der Waals surface area contributed by atoms with E-state index < -0.39 is 0 Å². The van der Waals surface area contributed by atoms with Gasteiger partial charge in [0.25, 0.3) is 5.91 Å². The van der Waals surface area contributed by atoms with Crippen molar-refractivity contribution in [2.24, 2.45) is 5.92 Å². The van der Waals surface area contributed by atoms with Crippen LogP contribution < -0.4 is 20.1 Å². The van der Waals surface area contributed by atoms with E-state index in [-0.39, 0.29) is 11.0 Å². The Hall–Kier alpha value is -2.90. The van der Waals surface area contributed by atoms with Crippen molar-refractivity contribution in [2.75, 3.05) is 18.5 Å². The van der Waals surface area contributed by atoms with Gasteiger partial charge in [0.1, 0.15) is 11.5 Å². The van der Waals surface area contributed by atoms with Gasteiger partial charge in [0.05, 0.1) is 18.8 Å². The zero-order valence-electron chi connectivity index (χ0n) is 18.6. The topological polar surface area (TPSA) is 59.6 Å². The molecule has 0 saturated carbocycles. The predicted octanol–water partition coefficient (Wildman–Crippen LogP) is 6.23. The van der Waals surface area contributed by atoms with Crippen LogP contribution in [0.15, 0.2) is 77.3 Å². The molecule has 0 heterocycles. The van der Waals surface area contributed by atoms with Gasteiger partial charge >= 0.3 is 0 Å². The van der Waals surface area contributed by atoms with E-state index >= 15 is 0 Å². The third-order valence-corrected chi connectivity index (χ3v) is 5.30. The average Bonchev–Trinajstić information content (AvgIpc) is 2.80. The molecule has 3 rings (SSSR count). The highest BCUT2D eigenvalue weighted by atomic mass is 79.9. The molecule has 1 amide bonds. The van der Waals surface area contributed by atoms with E-state index in [1.807, 2.05) is 60.7 Å². The van der Waals surface area contributed by atoms with Gasteiger partial charge in [-0.2, -0.15) is 0 Å². The quantitative estimate of drug-likeness (QED) is 0.323. The second-order valence-electron chi connectivity index (χ2n) is 7.86. The van der Waals surface area contributed by atoms with E-state index in [4.69, 9.17) is 21.7 Å². The molecule has 0 radical (unpaired) electrons. The van der Waals surface area contributed by atoms with Crippen LogP contribution in [0.2, 0.25) is 0 Å². The van der Waals surface area contributed by atoms with Gasteiger partial charge in [-0.3, -0.25) is 10.1 Å². The van der Waals surface area contributed by atoms with Gasteiger partial charge in [-0.15, -0.1) is 0 Å². The van der Waals surface area contributed by atoms with Crippen molar-refractivity contribution in [1.29, 1.82) is 0 Å². The number of benzene rings is 3. The summed E-state index contributed by atoms with van der Waals surface area (Å²) in [6.45, 7) is 5.31. The molecule has 5 nitrogen and oxygen atoms in total. The fraction of sp³-hybridized carbons (Fsp3) is 0.231. The summed E-state index contributed by atoms with van der Waals surface area (Å²) >= 11 is 8.75. The van der Waals surface area contributed by atoms with Gasteiger partial charge in [-0.25, -0.2) is 0 Å². The van der Waals surface area contributed by atoms with Gasteiger partial charge in [-0.1, -0.05) is 60.1 Å². The average molecular weight is 527 g/mol. The number of rotatable bonds is 9. The third-order valence-electron chi connectivity index (χ3n) is 4.60. The molecule has 0 aliphatic heterocycles. The van der Waals surface area contributed by atoms with Gasteiger partial charge in [-0.05, 0) is 66.2 Å². The lowest BCUT2D eigenvalue weighted by atomic mass is 10.1. The highest BCUT2D eigenvalue weighted by molar-refractivity contribution is 9.10. The van der Waals surface area contributed by atoms with Crippen LogP contribution in [-0.4, -0.2) is 24.2 Å². The lowest BCUT2D eigenvalue weighted by Crippen LogP contribution is -2.34. The highest BCUT2D eigenvalue weighted by Gasteiger charge is 2.15. The van der Waals surface area contributed by atoms with Gasteiger partial charge in [0.2, 0.25) is 0 Å². The number of nitrogens with one attached hydrogen (secondary N) is 2. The lowest BCUT2D eigenvalue weighted by Gasteiger charge is -2.14. The summed E-state index contributed by atoms with van der Waals surface area (Å²) in [5.74, 6) is 1.40. The first-order chi connectivity index (χ1) is 15.9. The fourth-order valence-electron chi connectivity index (χ4n) is 2.96. The van der Waals surface area contributed by atoms with E-state index in [9.17, 15) is 4.79 Å². The van der Waals surface area contributed by atoms with Crippen LogP contribution in [0.1, 0.15) is 29.8 Å². The maximum Gasteiger partial charge on any atom is 0.261 e. The summed E-state index contributed by atoms with van der Waals surface area (Å²) in [6.07, 6.45) is 0.745. The molecular weight excluding hydrogens is 500 g/mol. The SMILES string of the molecule is CC(C)COc1ccc(NC(=S)NC(=O)c2cc(Br)ccc2OCCc2ccccc2)cc1. The van der Waals surface area contributed by atoms with Crippen LogP contribution >= 0.6 is 28.1 Å². The summed E-state index contributed by atoms with van der Waals surface area (Å²) in [4.78, 5) is 12.9. The molecule has 7 heteroatoms. The second-order valence-corrected chi connectivity index (χ2v) is 9.19. The first-order valence-electron chi connectivity index (χ1n) is 10.7. The van der Waals surface area contributed by atoms with Crippen molar-refractivity contribution in [1.82, 2.24) is 5.32 Å². The monoisotopic (exact) mass is 526 g/mol. The van der Waals surface area contributed by atoms with Crippen LogP contribution in [-0.2, 0) is 6.42 Å². The van der Waals surface area contributed by atoms with E-state index in [0.29, 0.717) is 30.4 Å². The molecule has 0 saturated heterocycles. The standard InChI is InChI=1S/C26H27BrN2O3S/c1-18(2)17-32-22-11-9-21(10-12-22)28-26(33)29-25(30)23-16-20(27)8-13-24(23)31-15-14-19-6-4-3-5-7-19/h3-13,16,18H,14-15,17H2,1-2H3,(H2,28,29,30,33). The van der Waals surface area contributed by atoms with E-state index in [1.54, 1.807) is 12.1 Å². The molecule has 0 aliphatic carbocycles. The Morgan fingerprint density at radius 2 is 1.73 bits per heavy atom. The molecule has 0 aliphatic rings. The molecule has 3 aromatic rings. The molecular formula is C26H27BrN2O3S. The zero-order valence-corrected chi connectivity index (χ0v) is 21.0. The van der Waals surface area contributed by atoms with Crippen LogP contribution in [0.3, 0.4) is 0 Å². The number of amides is 1. The van der Waals surface area contributed by atoms with Crippen molar-refractivity contribution in [2.45, 2.75) is 20.3 Å².